The summed E-state index contributed by atoms with van der Waals surface area (Å²) >= 11 is 0. The van der Waals surface area contributed by atoms with Crippen LogP contribution in [-0.4, -0.2) is 7.11 Å². The van der Waals surface area contributed by atoms with Gasteiger partial charge in [-0.15, -0.1) is 0 Å². The Morgan fingerprint density at radius 3 is 2.40 bits per heavy atom. The fourth-order valence-electron chi connectivity index (χ4n) is 2.72. The van der Waals surface area contributed by atoms with Gasteiger partial charge in [0.25, 0.3) is 0 Å². The van der Waals surface area contributed by atoms with E-state index in [-0.39, 0.29) is 0 Å². The Morgan fingerprint density at radius 1 is 0.800 bits per heavy atom. The molecular formula is C19H18O. The molecule has 0 aliphatic heterocycles. The lowest BCUT2D eigenvalue weighted by molar-refractivity contribution is 0.417. The van der Waals surface area contributed by atoms with Gasteiger partial charge in [-0.1, -0.05) is 48.5 Å². The van der Waals surface area contributed by atoms with E-state index in [1.807, 2.05) is 0 Å². The zero-order chi connectivity index (χ0) is 14.1. The molecule has 0 aromatic heterocycles. The Balaban J connectivity index is 2.42. The molecule has 0 heterocycles. The molecule has 0 N–H and O–H groups in total. The number of hydrogen-bond acceptors (Lipinski definition) is 1. The molecule has 20 heavy (non-hydrogen) atoms. The summed E-state index contributed by atoms with van der Waals surface area (Å²) in [5, 5.41) is 2.48. The van der Waals surface area contributed by atoms with Crippen LogP contribution in [0.25, 0.3) is 21.9 Å². The minimum absolute atomic E-state index is 0.928. The van der Waals surface area contributed by atoms with Crippen LogP contribution in [0.2, 0.25) is 0 Å². The second kappa shape index (κ2) is 5.01. The third kappa shape index (κ3) is 1.96. The van der Waals surface area contributed by atoms with Crippen molar-refractivity contribution in [1.82, 2.24) is 0 Å². The first kappa shape index (κ1) is 12.7. The van der Waals surface area contributed by atoms with E-state index in [1.54, 1.807) is 7.11 Å². The molecular weight excluding hydrogens is 244 g/mol. The Hall–Kier alpha value is -2.28. The van der Waals surface area contributed by atoms with Gasteiger partial charge in [-0.25, -0.2) is 0 Å². The van der Waals surface area contributed by atoms with E-state index in [0.717, 1.165) is 5.75 Å². The van der Waals surface area contributed by atoms with E-state index in [0.29, 0.717) is 0 Å². The molecule has 0 fully saturated rings. The first-order chi connectivity index (χ1) is 9.72. The first-order valence-electron chi connectivity index (χ1n) is 6.84. The SMILES string of the molecule is COc1ccc2ccccc2c1-c1cccc(C)c1C. The van der Waals surface area contributed by atoms with Crippen molar-refractivity contribution in [2.45, 2.75) is 13.8 Å². The molecule has 3 aromatic carbocycles. The number of rotatable bonds is 2. The molecule has 0 aliphatic rings. The van der Waals surface area contributed by atoms with Crippen LogP contribution in [0, 0.1) is 13.8 Å². The molecule has 0 saturated carbocycles. The van der Waals surface area contributed by atoms with Crippen molar-refractivity contribution in [3.63, 3.8) is 0 Å². The monoisotopic (exact) mass is 262 g/mol. The smallest absolute Gasteiger partial charge is 0.127 e. The molecule has 0 unspecified atom stereocenters. The Bertz CT molecular complexity index is 772. The van der Waals surface area contributed by atoms with Crippen LogP contribution >= 0.6 is 0 Å². The standard InChI is InChI=1S/C19H18O/c1-13-7-6-10-16(14(13)2)19-17-9-5-4-8-15(17)11-12-18(19)20-3/h4-12H,1-3H3. The van der Waals surface area contributed by atoms with E-state index in [9.17, 15) is 0 Å². The summed E-state index contributed by atoms with van der Waals surface area (Å²) in [5.41, 5.74) is 5.05. The molecule has 1 heteroatoms. The molecule has 0 saturated heterocycles. The molecule has 0 spiro atoms. The molecule has 0 bridgehead atoms. The maximum atomic E-state index is 5.60. The van der Waals surface area contributed by atoms with Crippen LogP contribution in [-0.2, 0) is 0 Å². The van der Waals surface area contributed by atoms with Crippen LogP contribution in [0.4, 0.5) is 0 Å². The number of benzene rings is 3. The van der Waals surface area contributed by atoms with Crippen molar-refractivity contribution >= 4 is 10.8 Å². The summed E-state index contributed by atoms with van der Waals surface area (Å²) in [6, 6.07) is 19.1. The average Bonchev–Trinajstić information content (AvgIpc) is 2.49. The van der Waals surface area contributed by atoms with Crippen LogP contribution in [0.1, 0.15) is 11.1 Å². The highest BCUT2D eigenvalue weighted by molar-refractivity contribution is 6.00. The van der Waals surface area contributed by atoms with Gasteiger partial charge in [0, 0.05) is 5.56 Å². The molecule has 0 amide bonds. The summed E-state index contributed by atoms with van der Waals surface area (Å²) < 4.78 is 5.60. The Morgan fingerprint density at radius 2 is 1.60 bits per heavy atom. The normalized spacial score (nSPS) is 10.8. The van der Waals surface area contributed by atoms with E-state index >= 15 is 0 Å². The van der Waals surface area contributed by atoms with Gasteiger partial charge in [0.05, 0.1) is 7.11 Å². The highest BCUT2D eigenvalue weighted by Crippen LogP contribution is 2.39. The van der Waals surface area contributed by atoms with E-state index in [1.165, 1.54) is 33.0 Å². The van der Waals surface area contributed by atoms with Crippen LogP contribution in [0.5, 0.6) is 5.75 Å². The highest BCUT2D eigenvalue weighted by atomic mass is 16.5. The fourth-order valence-corrected chi connectivity index (χ4v) is 2.72. The van der Waals surface area contributed by atoms with Gasteiger partial charge in [-0.05, 0) is 47.4 Å². The van der Waals surface area contributed by atoms with Gasteiger partial charge >= 0.3 is 0 Å². The van der Waals surface area contributed by atoms with Gasteiger partial charge in [-0.3, -0.25) is 0 Å². The summed E-state index contributed by atoms with van der Waals surface area (Å²) in [6.45, 7) is 4.32. The summed E-state index contributed by atoms with van der Waals surface area (Å²) in [6.07, 6.45) is 0. The Kier molecular flexibility index (Phi) is 3.19. The van der Waals surface area contributed by atoms with E-state index < -0.39 is 0 Å². The number of hydrogen-bond donors (Lipinski definition) is 0. The van der Waals surface area contributed by atoms with Gasteiger partial charge in [0.1, 0.15) is 5.75 Å². The van der Waals surface area contributed by atoms with Crippen LogP contribution < -0.4 is 4.74 Å². The number of aryl methyl sites for hydroxylation is 1. The van der Waals surface area contributed by atoms with Crippen molar-refractivity contribution in [1.29, 1.82) is 0 Å². The first-order valence-corrected chi connectivity index (χ1v) is 6.84. The van der Waals surface area contributed by atoms with Gasteiger partial charge < -0.3 is 4.74 Å². The molecule has 100 valence electrons. The minimum atomic E-state index is 0.928. The zero-order valence-electron chi connectivity index (χ0n) is 12.1. The second-order valence-electron chi connectivity index (χ2n) is 5.11. The lowest BCUT2D eigenvalue weighted by Gasteiger charge is -2.15. The predicted octanol–water partition coefficient (Wildman–Crippen LogP) is 5.13. The molecule has 1 nitrogen and oxygen atoms in total. The third-order valence-corrected chi connectivity index (χ3v) is 3.98. The van der Waals surface area contributed by atoms with Crippen LogP contribution in [0.3, 0.4) is 0 Å². The molecule has 0 radical (unpaired) electrons. The third-order valence-electron chi connectivity index (χ3n) is 3.98. The van der Waals surface area contributed by atoms with Gasteiger partial charge in [0.2, 0.25) is 0 Å². The van der Waals surface area contributed by atoms with Crippen molar-refractivity contribution in [2.75, 3.05) is 7.11 Å². The van der Waals surface area contributed by atoms with Crippen molar-refractivity contribution in [3.8, 4) is 16.9 Å². The molecule has 0 atom stereocenters. The maximum absolute atomic E-state index is 5.60. The number of fused-ring (bicyclic) bond motifs is 1. The fraction of sp³-hybridized carbons (Fsp3) is 0.158. The van der Waals surface area contributed by atoms with E-state index in [2.05, 4.69) is 68.4 Å². The molecule has 3 aromatic rings. The topological polar surface area (TPSA) is 9.23 Å². The summed E-state index contributed by atoms with van der Waals surface area (Å²) in [4.78, 5) is 0. The lowest BCUT2D eigenvalue weighted by atomic mass is 9.92. The average molecular weight is 262 g/mol. The molecule has 0 aliphatic carbocycles. The van der Waals surface area contributed by atoms with Crippen LogP contribution in [0.15, 0.2) is 54.6 Å². The summed E-state index contributed by atoms with van der Waals surface area (Å²) in [5.74, 6) is 0.928. The second-order valence-corrected chi connectivity index (χ2v) is 5.11. The van der Waals surface area contributed by atoms with Crippen molar-refractivity contribution in [2.24, 2.45) is 0 Å². The quantitative estimate of drug-likeness (QED) is 0.622. The zero-order valence-corrected chi connectivity index (χ0v) is 12.1. The van der Waals surface area contributed by atoms with E-state index in [4.69, 9.17) is 4.74 Å². The number of ether oxygens (including phenoxy) is 1. The predicted molar refractivity (Wildman–Crippen MR) is 85.4 cm³/mol. The number of methoxy groups -OCH3 is 1. The lowest BCUT2D eigenvalue weighted by Crippen LogP contribution is -1.93. The highest BCUT2D eigenvalue weighted by Gasteiger charge is 2.13. The largest absolute Gasteiger partial charge is 0.496 e. The Labute approximate surface area is 119 Å². The maximum Gasteiger partial charge on any atom is 0.127 e. The molecule has 3 rings (SSSR count). The summed E-state index contributed by atoms with van der Waals surface area (Å²) in [7, 11) is 1.73. The van der Waals surface area contributed by atoms with Gasteiger partial charge in [-0.2, -0.15) is 0 Å². The van der Waals surface area contributed by atoms with Crippen molar-refractivity contribution < 1.29 is 4.74 Å². The van der Waals surface area contributed by atoms with Crippen molar-refractivity contribution in [3.05, 3.63) is 65.7 Å². The van der Waals surface area contributed by atoms with Gasteiger partial charge in [0.15, 0.2) is 0 Å². The minimum Gasteiger partial charge on any atom is -0.496 e.